The van der Waals surface area contributed by atoms with E-state index in [1.165, 1.54) is 23.0 Å². The molecule has 0 aliphatic heterocycles. The average molecular weight is 384 g/mol. The molecule has 0 spiro atoms. The smallest absolute Gasteiger partial charge is 0.280 e. The zero-order valence-corrected chi connectivity index (χ0v) is 16.1. The van der Waals surface area contributed by atoms with Crippen molar-refractivity contribution in [2.45, 2.75) is 18.7 Å². The number of hydrazone groups is 1. The summed E-state index contributed by atoms with van der Waals surface area (Å²) < 4.78 is 27.8. The van der Waals surface area contributed by atoms with E-state index in [4.69, 9.17) is 0 Å². The van der Waals surface area contributed by atoms with Gasteiger partial charge in [0.25, 0.3) is 15.6 Å². The number of sulfonamides is 1. The highest BCUT2D eigenvalue weighted by Gasteiger charge is 2.15. The number of hydrogen-bond donors (Lipinski definition) is 1. The minimum atomic E-state index is -3.79. The molecule has 1 aromatic heterocycles. The summed E-state index contributed by atoms with van der Waals surface area (Å²) in [6.45, 7) is 3.65. The molecule has 1 heterocycles. The van der Waals surface area contributed by atoms with Crippen LogP contribution in [0, 0.1) is 13.8 Å². The van der Waals surface area contributed by atoms with Gasteiger partial charge < -0.3 is 0 Å². The SMILES string of the molecule is Cc1ccc(S(=O)(=O)N/N=C\c2c(C)n(C)n(-c3ccccc3)c2=O)cc1. The lowest BCUT2D eigenvalue weighted by molar-refractivity contribution is 0.584. The highest BCUT2D eigenvalue weighted by Crippen LogP contribution is 2.11. The maximum atomic E-state index is 12.7. The highest BCUT2D eigenvalue weighted by atomic mass is 32.2. The first-order valence-electron chi connectivity index (χ1n) is 8.27. The van der Waals surface area contributed by atoms with Crippen molar-refractivity contribution in [1.29, 1.82) is 0 Å². The molecule has 27 heavy (non-hydrogen) atoms. The predicted octanol–water partition coefficient (Wildman–Crippen LogP) is 2.11. The van der Waals surface area contributed by atoms with Crippen LogP contribution < -0.4 is 10.4 Å². The lowest BCUT2D eigenvalue weighted by Crippen LogP contribution is -2.22. The number of rotatable bonds is 5. The van der Waals surface area contributed by atoms with Gasteiger partial charge in [-0.2, -0.15) is 13.5 Å². The average Bonchev–Trinajstić information content (AvgIpc) is 2.86. The van der Waals surface area contributed by atoms with E-state index < -0.39 is 10.0 Å². The summed E-state index contributed by atoms with van der Waals surface area (Å²) in [5.74, 6) is 0. The Morgan fingerprint density at radius 3 is 2.26 bits per heavy atom. The van der Waals surface area contributed by atoms with Crippen LogP contribution in [0.3, 0.4) is 0 Å². The molecule has 0 saturated heterocycles. The molecule has 140 valence electrons. The van der Waals surface area contributed by atoms with E-state index in [-0.39, 0.29) is 10.5 Å². The molecule has 0 atom stereocenters. The van der Waals surface area contributed by atoms with Gasteiger partial charge in [-0.1, -0.05) is 35.9 Å². The van der Waals surface area contributed by atoms with Gasteiger partial charge in [-0.15, -0.1) is 0 Å². The summed E-state index contributed by atoms with van der Waals surface area (Å²) in [6, 6.07) is 15.6. The van der Waals surface area contributed by atoms with Crippen LogP contribution >= 0.6 is 0 Å². The fourth-order valence-electron chi connectivity index (χ4n) is 2.67. The second-order valence-electron chi connectivity index (χ2n) is 6.14. The van der Waals surface area contributed by atoms with E-state index in [2.05, 4.69) is 9.93 Å². The molecule has 8 heteroatoms. The Labute approximate surface area is 157 Å². The zero-order valence-electron chi connectivity index (χ0n) is 15.2. The van der Waals surface area contributed by atoms with E-state index in [1.54, 1.807) is 30.8 Å². The Bertz CT molecular complexity index is 1140. The van der Waals surface area contributed by atoms with Crippen LogP contribution in [-0.2, 0) is 17.1 Å². The van der Waals surface area contributed by atoms with Crippen molar-refractivity contribution in [2.24, 2.45) is 12.1 Å². The molecule has 7 nitrogen and oxygen atoms in total. The summed E-state index contributed by atoms with van der Waals surface area (Å²) >= 11 is 0. The lowest BCUT2D eigenvalue weighted by atomic mass is 10.2. The molecule has 1 N–H and O–H groups in total. The lowest BCUT2D eigenvalue weighted by Gasteiger charge is -2.07. The Hall–Kier alpha value is -3.13. The second kappa shape index (κ2) is 7.24. The first-order valence-corrected chi connectivity index (χ1v) is 9.75. The van der Waals surface area contributed by atoms with E-state index in [9.17, 15) is 13.2 Å². The number of benzene rings is 2. The van der Waals surface area contributed by atoms with Gasteiger partial charge in [-0.05, 0) is 38.1 Å². The predicted molar refractivity (Wildman–Crippen MR) is 105 cm³/mol. The fourth-order valence-corrected chi connectivity index (χ4v) is 3.46. The van der Waals surface area contributed by atoms with Crippen LogP contribution in [0.1, 0.15) is 16.8 Å². The molecule has 3 rings (SSSR count). The van der Waals surface area contributed by atoms with Crippen molar-refractivity contribution in [2.75, 3.05) is 0 Å². The molecule has 0 fully saturated rings. The normalized spacial score (nSPS) is 11.8. The quantitative estimate of drug-likeness (QED) is 0.540. The van der Waals surface area contributed by atoms with Gasteiger partial charge in [-0.25, -0.2) is 9.51 Å². The summed E-state index contributed by atoms with van der Waals surface area (Å²) in [6.07, 6.45) is 1.24. The van der Waals surface area contributed by atoms with E-state index in [1.807, 2.05) is 37.3 Å². The Morgan fingerprint density at radius 2 is 1.63 bits per heavy atom. The van der Waals surface area contributed by atoms with E-state index in [0.717, 1.165) is 5.56 Å². The third kappa shape index (κ3) is 3.70. The molecule has 3 aromatic rings. The number of nitrogens with one attached hydrogen (secondary N) is 1. The van der Waals surface area contributed by atoms with E-state index >= 15 is 0 Å². The first-order chi connectivity index (χ1) is 12.8. The van der Waals surface area contributed by atoms with Crippen molar-refractivity contribution < 1.29 is 8.42 Å². The van der Waals surface area contributed by atoms with Crippen molar-refractivity contribution in [1.82, 2.24) is 14.2 Å². The second-order valence-corrected chi connectivity index (χ2v) is 7.80. The van der Waals surface area contributed by atoms with Gasteiger partial charge in [0, 0.05) is 12.7 Å². The van der Waals surface area contributed by atoms with Crippen molar-refractivity contribution in [3.8, 4) is 5.69 Å². The number of nitrogens with zero attached hydrogens (tertiary/aromatic N) is 3. The summed E-state index contributed by atoms with van der Waals surface area (Å²) in [7, 11) is -2.03. The molecule has 0 amide bonds. The molecule has 0 unspecified atom stereocenters. The molecule has 2 aromatic carbocycles. The van der Waals surface area contributed by atoms with Crippen LogP contribution in [0.2, 0.25) is 0 Å². The van der Waals surface area contributed by atoms with Crippen LogP contribution in [0.15, 0.2) is 69.4 Å². The first kappa shape index (κ1) is 18.7. The molecular weight excluding hydrogens is 364 g/mol. The van der Waals surface area contributed by atoms with Crippen LogP contribution in [0.25, 0.3) is 5.69 Å². The molecular formula is C19H20N4O3S. The molecule has 0 radical (unpaired) electrons. The molecule has 0 aliphatic rings. The van der Waals surface area contributed by atoms with Crippen LogP contribution in [0.4, 0.5) is 0 Å². The Morgan fingerprint density at radius 1 is 1.00 bits per heavy atom. The maximum absolute atomic E-state index is 12.7. The zero-order chi connectivity index (χ0) is 19.6. The van der Waals surface area contributed by atoms with Crippen molar-refractivity contribution in [3.05, 3.63) is 81.8 Å². The summed E-state index contributed by atoms with van der Waals surface area (Å²) in [5, 5.41) is 3.79. The summed E-state index contributed by atoms with van der Waals surface area (Å²) in [5.41, 5.74) is 2.38. The third-order valence-corrected chi connectivity index (χ3v) is 5.54. The van der Waals surface area contributed by atoms with Gasteiger partial charge in [-0.3, -0.25) is 9.48 Å². The minimum Gasteiger partial charge on any atom is -0.285 e. The van der Waals surface area contributed by atoms with Crippen molar-refractivity contribution >= 4 is 16.2 Å². The fraction of sp³-hybridized carbons (Fsp3) is 0.158. The van der Waals surface area contributed by atoms with Gasteiger partial charge in [0.05, 0.1) is 22.4 Å². The Balaban J connectivity index is 1.90. The highest BCUT2D eigenvalue weighted by molar-refractivity contribution is 7.89. The third-order valence-electron chi connectivity index (χ3n) is 4.30. The maximum Gasteiger partial charge on any atom is 0.280 e. The largest absolute Gasteiger partial charge is 0.285 e. The van der Waals surface area contributed by atoms with Crippen LogP contribution in [0.5, 0.6) is 0 Å². The number of hydrogen-bond acceptors (Lipinski definition) is 4. The number of aromatic nitrogens is 2. The standard InChI is InChI=1S/C19H20N4O3S/c1-14-9-11-17(12-10-14)27(25,26)21-20-13-18-15(2)22(3)23(19(18)24)16-7-5-4-6-8-16/h4-13,21H,1-3H3/b20-13-. The van der Waals surface area contributed by atoms with Gasteiger partial charge in [0.1, 0.15) is 0 Å². The summed E-state index contributed by atoms with van der Waals surface area (Å²) in [4.78, 5) is 15.0. The van der Waals surface area contributed by atoms with Gasteiger partial charge in [0.2, 0.25) is 0 Å². The van der Waals surface area contributed by atoms with Gasteiger partial charge in [0.15, 0.2) is 0 Å². The van der Waals surface area contributed by atoms with Crippen molar-refractivity contribution in [3.63, 3.8) is 0 Å². The Kier molecular flexibility index (Phi) is 5.00. The molecule has 0 aliphatic carbocycles. The monoisotopic (exact) mass is 384 g/mol. The van der Waals surface area contributed by atoms with Crippen LogP contribution in [-0.4, -0.2) is 24.0 Å². The molecule has 0 saturated carbocycles. The van der Waals surface area contributed by atoms with E-state index in [0.29, 0.717) is 16.9 Å². The minimum absolute atomic E-state index is 0.108. The number of aryl methyl sites for hydroxylation is 1. The number of para-hydroxylation sites is 1. The topological polar surface area (TPSA) is 85.5 Å². The molecule has 0 bridgehead atoms. The van der Waals surface area contributed by atoms with Gasteiger partial charge >= 0.3 is 0 Å².